The summed E-state index contributed by atoms with van der Waals surface area (Å²) in [7, 11) is -3.37. The standard InChI is InChI=1S/C19H44O5Si2.C12H24O2/c1-7-11-19(21)17-23-13-10-15-26(5,6)24-25(3,4)14-9-12-22-16-18(20)8-2;1-2-3-4-5-6-7-8-9-10-11-12(13)14/h18-21H,7-17H2,1-6H3;2-11H2,1H3,(H,13,14)/p-1. The van der Waals surface area contributed by atoms with Crippen molar-refractivity contribution < 1.29 is 33.7 Å². The van der Waals surface area contributed by atoms with E-state index in [0.29, 0.717) is 26.4 Å². The summed E-state index contributed by atoms with van der Waals surface area (Å²) in [4.78, 5) is 10.1. The molecule has 0 aliphatic carbocycles. The molecular weight excluding hydrogens is 541 g/mol. The maximum atomic E-state index is 10.1. The van der Waals surface area contributed by atoms with E-state index >= 15 is 0 Å². The molecule has 0 aliphatic heterocycles. The maximum absolute atomic E-state index is 10.1. The number of carbonyl (C=O) groups excluding carboxylic acids is 1. The Hall–Kier alpha value is -0.296. The maximum Gasteiger partial charge on any atom is 0.173 e. The largest absolute Gasteiger partial charge is 0.550 e. The summed E-state index contributed by atoms with van der Waals surface area (Å²) in [5.74, 6) is -0.909. The van der Waals surface area contributed by atoms with Gasteiger partial charge >= 0.3 is 0 Å². The van der Waals surface area contributed by atoms with E-state index in [2.05, 4.69) is 40.0 Å². The molecule has 0 aromatic heterocycles. The second-order valence-electron chi connectivity index (χ2n) is 12.4. The Bertz CT molecular complexity index is 562. The van der Waals surface area contributed by atoms with Crippen LogP contribution in [0.5, 0.6) is 0 Å². The second kappa shape index (κ2) is 27.5. The number of rotatable bonds is 27. The number of unbranched alkanes of at least 4 members (excludes halogenated alkanes) is 8. The smallest absolute Gasteiger partial charge is 0.173 e. The average molecular weight is 608 g/mol. The van der Waals surface area contributed by atoms with E-state index in [0.717, 1.165) is 57.0 Å². The summed E-state index contributed by atoms with van der Waals surface area (Å²) in [6.07, 6.45) is 15.0. The van der Waals surface area contributed by atoms with Crippen molar-refractivity contribution in [2.24, 2.45) is 0 Å². The van der Waals surface area contributed by atoms with Crippen LogP contribution in [-0.2, 0) is 18.4 Å². The Kier molecular flexibility index (Phi) is 28.8. The van der Waals surface area contributed by atoms with Crippen molar-refractivity contribution in [2.45, 2.75) is 168 Å². The molecule has 2 atom stereocenters. The molecule has 9 heteroatoms. The lowest BCUT2D eigenvalue weighted by Gasteiger charge is -2.34. The number of aliphatic hydroxyl groups is 2. The van der Waals surface area contributed by atoms with Gasteiger partial charge < -0.3 is 33.7 Å². The predicted octanol–water partition coefficient (Wildman–Crippen LogP) is 6.82. The van der Waals surface area contributed by atoms with Crippen LogP contribution in [0.4, 0.5) is 0 Å². The molecule has 7 nitrogen and oxygen atoms in total. The van der Waals surface area contributed by atoms with E-state index in [1.165, 1.54) is 44.9 Å². The highest BCUT2D eigenvalue weighted by molar-refractivity contribution is 6.84. The van der Waals surface area contributed by atoms with E-state index in [1.54, 1.807) is 0 Å². The van der Waals surface area contributed by atoms with Crippen molar-refractivity contribution in [1.82, 2.24) is 0 Å². The van der Waals surface area contributed by atoms with Crippen LogP contribution < -0.4 is 5.11 Å². The molecule has 0 bridgehead atoms. The fraction of sp³-hybridized carbons (Fsp3) is 0.968. The first-order chi connectivity index (χ1) is 18.9. The first-order valence-electron chi connectivity index (χ1n) is 16.3. The molecule has 0 heterocycles. The zero-order valence-electron chi connectivity index (χ0n) is 27.4. The zero-order chi connectivity index (χ0) is 30.7. The third kappa shape index (κ3) is 32.2. The van der Waals surface area contributed by atoms with Gasteiger partial charge in [0.1, 0.15) is 0 Å². The second-order valence-corrected chi connectivity index (χ2v) is 21.3. The van der Waals surface area contributed by atoms with Gasteiger partial charge in [0.2, 0.25) is 0 Å². The number of carboxylic acid groups (broad SMARTS) is 1. The fourth-order valence-corrected chi connectivity index (χ4v) is 13.4. The number of hydrogen-bond donors (Lipinski definition) is 2. The third-order valence-corrected chi connectivity index (χ3v) is 14.4. The van der Waals surface area contributed by atoms with Crippen molar-refractivity contribution in [3.8, 4) is 0 Å². The number of carboxylic acids is 1. The van der Waals surface area contributed by atoms with E-state index in [9.17, 15) is 20.1 Å². The van der Waals surface area contributed by atoms with E-state index in [1.807, 2.05) is 6.92 Å². The minimum atomic E-state index is -1.68. The monoisotopic (exact) mass is 607 g/mol. The Morgan fingerprint density at radius 2 is 1.12 bits per heavy atom. The molecule has 242 valence electrons. The van der Waals surface area contributed by atoms with Crippen molar-refractivity contribution in [1.29, 1.82) is 0 Å². The van der Waals surface area contributed by atoms with Crippen LogP contribution in [0.2, 0.25) is 38.3 Å². The van der Waals surface area contributed by atoms with Gasteiger partial charge in [-0.05, 0) is 76.8 Å². The highest BCUT2D eigenvalue weighted by atomic mass is 28.4. The predicted molar refractivity (Wildman–Crippen MR) is 171 cm³/mol. The van der Waals surface area contributed by atoms with Crippen molar-refractivity contribution in [2.75, 3.05) is 26.4 Å². The summed E-state index contributed by atoms with van der Waals surface area (Å²) in [5, 5.41) is 29.3. The molecule has 2 unspecified atom stereocenters. The van der Waals surface area contributed by atoms with Gasteiger partial charge in [0.05, 0.1) is 25.4 Å². The van der Waals surface area contributed by atoms with Crippen molar-refractivity contribution >= 4 is 22.6 Å². The minimum Gasteiger partial charge on any atom is -0.550 e. The summed E-state index contributed by atoms with van der Waals surface area (Å²) < 4.78 is 17.7. The van der Waals surface area contributed by atoms with Gasteiger partial charge in [-0.3, -0.25) is 0 Å². The van der Waals surface area contributed by atoms with E-state index < -0.39 is 22.6 Å². The molecule has 0 saturated carbocycles. The van der Waals surface area contributed by atoms with Crippen molar-refractivity contribution in [3.05, 3.63) is 0 Å². The van der Waals surface area contributed by atoms with Gasteiger partial charge in [-0.2, -0.15) is 0 Å². The van der Waals surface area contributed by atoms with Crippen LogP contribution >= 0.6 is 0 Å². The zero-order valence-corrected chi connectivity index (χ0v) is 29.4. The first-order valence-corrected chi connectivity index (χ1v) is 22.5. The van der Waals surface area contributed by atoms with E-state index in [-0.39, 0.29) is 18.6 Å². The van der Waals surface area contributed by atoms with Crippen LogP contribution in [0, 0.1) is 0 Å². The molecule has 0 spiro atoms. The normalized spacial score (nSPS) is 13.5. The molecule has 40 heavy (non-hydrogen) atoms. The Morgan fingerprint density at radius 3 is 1.55 bits per heavy atom. The molecule has 0 aromatic carbocycles. The van der Waals surface area contributed by atoms with Crippen molar-refractivity contribution in [3.63, 3.8) is 0 Å². The lowest BCUT2D eigenvalue weighted by Crippen LogP contribution is -2.44. The van der Waals surface area contributed by atoms with Crippen LogP contribution in [0.1, 0.15) is 117 Å². The summed E-state index contributed by atoms with van der Waals surface area (Å²) in [5.41, 5.74) is 0. The van der Waals surface area contributed by atoms with Gasteiger partial charge in [-0.15, -0.1) is 0 Å². The van der Waals surface area contributed by atoms with Gasteiger partial charge in [-0.25, -0.2) is 0 Å². The molecular formula is C31H67O7Si2-. The first kappa shape index (κ1) is 41.8. The lowest BCUT2D eigenvalue weighted by atomic mass is 10.1. The number of aliphatic hydroxyl groups excluding tert-OH is 2. The molecule has 2 N–H and O–H groups in total. The van der Waals surface area contributed by atoms with Crippen LogP contribution in [0.25, 0.3) is 0 Å². The Labute approximate surface area is 250 Å². The third-order valence-electron chi connectivity index (χ3n) is 6.89. The molecule has 0 fully saturated rings. The number of carbonyl (C=O) groups is 1. The molecule has 0 amide bonds. The highest BCUT2D eigenvalue weighted by Crippen LogP contribution is 2.24. The molecule has 0 rings (SSSR count). The number of ether oxygens (including phenoxy) is 2. The van der Waals surface area contributed by atoms with Gasteiger partial charge in [-0.1, -0.05) is 78.6 Å². The van der Waals surface area contributed by atoms with Gasteiger partial charge in [0.15, 0.2) is 16.6 Å². The number of aliphatic carboxylic acids is 1. The molecule has 0 aliphatic rings. The Morgan fingerprint density at radius 1 is 0.675 bits per heavy atom. The topological polar surface area (TPSA) is 108 Å². The highest BCUT2D eigenvalue weighted by Gasteiger charge is 2.32. The quantitative estimate of drug-likeness (QED) is 0.0779. The summed E-state index contributed by atoms with van der Waals surface area (Å²) in [6, 6.07) is 2.18. The fourth-order valence-electron chi connectivity index (χ4n) is 4.60. The van der Waals surface area contributed by atoms with Crippen LogP contribution in [-0.4, -0.2) is 71.5 Å². The number of hydrogen-bond acceptors (Lipinski definition) is 7. The Balaban J connectivity index is 0. The van der Waals surface area contributed by atoms with E-state index in [4.69, 9.17) is 13.6 Å². The lowest BCUT2D eigenvalue weighted by molar-refractivity contribution is -0.305. The SMILES string of the molecule is CCCC(O)COCCC[Si](C)(C)O[Si](C)(C)CCCOCC(O)CC.CCCCCCCCCCCC(=O)[O-]. The van der Waals surface area contributed by atoms with Crippen LogP contribution in [0.15, 0.2) is 0 Å². The van der Waals surface area contributed by atoms with Crippen LogP contribution in [0.3, 0.4) is 0 Å². The summed E-state index contributed by atoms with van der Waals surface area (Å²) in [6.45, 7) is 17.7. The van der Waals surface area contributed by atoms with Gasteiger partial charge in [0, 0.05) is 19.2 Å². The summed E-state index contributed by atoms with van der Waals surface area (Å²) >= 11 is 0. The molecule has 0 radical (unpaired) electrons. The average Bonchev–Trinajstić information content (AvgIpc) is 2.86. The van der Waals surface area contributed by atoms with Gasteiger partial charge in [0.25, 0.3) is 0 Å². The minimum absolute atomic E-state index is 0.232. The molecule has 0 saturated heterocycles. The molecule has 0 aromatic rings.